The summed E-state index contributed by atoms with van der Waals surface area (Å²) >= 11 is 0. The number of halogens is 6. The predicted octanol–water partition coefficient (Wildman–Crippen LogP) is 3.83. The molecule has 2 bridgehead atoms. The average Bonchev–Trinajstić information content (AvgIpc) is 2.42. The minimum Gasteiger partial charge on any atom is -0.390 e. The molecule has 9 heteroatoms. The van der Waals surface area contributed by atoms with E-state index in [-0.39, 0.29) is 18.4 Å². The summed E-state index contributed by atoms with van der Waals surface area (Å²) in [6.45, 7) is -0.202. The Hall–Kier alpha value is -0.540. The molecule has 0 aromatic heterocycles. The van der Waals surface area contributed by atoms with Gasteiger partial charge >= 0.3 is 12.4 Å². The lowest BCUT2D eigenvalue weighted by molar-refractivity contribution is -0.378. The topological polar surface area (TPSA) is 49.7 Å². The van der Waals surface area contributed by atoms with Crippen LogP contribution >= 0.6 is 0 Å². The van der Waals surface area contributed by atoms with E-state index in [1.54, 1.807) is 0 Å². The van der Waals surface area contributed by atoms with Crippen molar-refractivity contribution in [3.63, 3.8) is 0 Å². The highest BCUT2D eigenvalue weighted by atomic mass is 19.4. The molecule has 0 aliphatic heterocycles. The van der Waals surface area contributed by atoms with Crippen molar-refractivity contribution in [3.05, 3.63) is 0 Å². The van der Waals surface area contributed by atoms with Crippen molar-refractivity contribution in [2.75, 3.05) is 13.2 Å². The van der Waals surface area contributed by atoms with Gasteiger partial charge in [-0.05, 0) is 49.9 Å². The molecule has 4 atom stereocenters. The van der Waals surface area contributed by atoms with Gasteiger partial charge in [0.15, 0.2) is 0 Å². The maximum atomic E-state index is 12.6. The Morgan fingerprint density at radius 1 is 0.960 bits per heavy atom. The zero-order valence-electron chi connectivity index (χ0n) is 14.0. The van der Waals surface area contributed by atoms with Gasteiger partial charge in [-0.15, -0.1) is 0 Å². The molecule has 0 aromatic rings. The number of hydrogen-bond acceptors (Lipinski definition) is 3. The zero-order valence-corrected chi connectivity index (χ0v) is 14.0. The van der Waals surface area contributed by atoms with Crippen molar-refractivity contribution in [2.24, 2.45) is 17.8 Å². The van der Waals surface area contributed by atoms with Gasteiger partial charge in [-0.1, -0.05) is 13.3 Å². The Bertz CT molecular complexity index is 450. The molecule has 0 heterocycles. The van der Waals surface area contributed by atoms with Crippen LogP contribution in [0, 0.1) is 17.8 Å². The van der Waals surface area contributed by atoms with Crippen LogP contribution in [0.15, 0.2) is 0 Å². The fraction of sp³-hybridized carbons (Fsp3) is 1.00. The summed E-state index contributed by atoms with van der Waals surface area (Å²) < 4.78 is 80.3. The van der Waals surface area contributed by atoms with Crippen LogP contribution in [0.1, 0.15) is 45.4 Å². The van der Waals surface area contributed by atoms with Crippen LogP contribution in [0.2, 0.25) is 0 Å². The van der Waals surface area contributed by atoms with Gasteiger partial charge in [0.05, 0.1) is 12.2 Å². The molecule has 2 N–H and O–H groups in total. The molecule has 0 saturated heterocycles. The van der Waals surface area contributed by atoms with E-state index in [0.717, 1.165) is 12.8 Å². The second kappa shape index (κ2) is 6.88. The molecule has 148 valence electrons. The summed E-state index contributed by atoms with van der Waals surface area (Å²) in [6, 6.07) is 0. The standard InChI is InChI=1S/C16H24F6O3/c1-2-10-3-11-4-12(7-13(23,5-10)6-11)8-25-9-14(24,15(17,18)19)16(20,21)22/h10-12,23-24H,2-9H2,1H3. The second-order valence-electron chi connectivity index (χ2n) is 7.69. The van der Waals surface area contributed by atoms with Crippen LogP contribution < -0.4 is 0 Å². The first kappa shape index (κ1) is 20.8. The van der Waals surface area contributed by atoms with Crippen LogP contribution in [0.5, 0.6) is 0 Å². The maximum Gasteiger partial charge on any atom is 0.428 e. The van der Waals surface area contributed by atoms with Gasteiger partial charge in [-0.2, -0.15) is 26.3 Å². The monoisotopic (exact) mass is 378 g/mol. The van der Waals surface area contributed by atoms with Gasteiger partial charge in [-0.25, -0.2) is 0 Å². The molecular weight excluding hydrogens is 354 g/mol. The van der Waals surface area contributed by atoms with Gasteiger partial charge in [0.2, 0.25) is 0 Å². The van der Waals surface area contributed by atoms with E-state index in [1.807, 2.05) is 6.92 Å². The second-order valence-corrected chi connectivity index (χ2v) is 7.69. The molecule has 0 aromatic carbocycles. The molecule has 4 unspecified atom stereocenters. The number of fused-ring (bicyclic) bond motifs is 2. The number of rotatable bonds is 5. The third-order valence-corrected chi connectivity index (χ3v) is 5.52. The number of alkyl halides is 6. The number of hydrogen-bond donors (Lipinski definition) is 2. The summed E-state index contributed by atoms with van der Waals surface area (Å²) in [5, 5.41) is 19.7. The summed E-state index contributed by atoms with van der Waals surface area (Å²) in [4.78, 5) is 0. The first-order valence-electron chi connectivity index (χ1n) is 8.45. The van der Waals surface area contributed by atoms with E-state index in [4.69, 9.17) is 5.11 Å². The first-order valence-corrected chi connectivity index (χ1v) is 8.45. The Morgan fingerprint density at radius 3 is 1.96 bits per heavy atom. The van der Waals surface area contributed by atoms with Crippen LogP contribution in [-0.2, 0) is 4.74 Å². The molecule has 2 rings (SSSR count). The third kappa shape index (κ3) is 4.42. The lowest BCUT2D eigenvalue weighted by Crippen LogP contribution is -2.60. The van der Waals surface area contributed by atoms with Crippen LogP contribution in [0.4, 0.5) is 26.3 Å². The van der Waals surface area contributed by atoms with Crippen molar-refractivity contribution in [2.45, 2.75) is 69.0 Å². The highest BCUT2D eigenvalue weighted by Gasteiger charge is 2.70. The summed E-state index contributed by atoms with van der Waals surface area (Å²) in [5.74, 6) is 0.286. The molecule has 0 spiro atoms. The highest BCUT2D eigenvalue weighted by molar-refractivity contribution is 4.97. The molecule has 0 amide bonds. The molecule has 2 saturated carbocycles. The molecule has 2 aliphatic rings. The predicted molar refractivity (Wildman–Crippen MR) is 76.7 cm³/mol. The summed E-state index contributed by atoms with van der Waals surface area (Å²) in [5.41, 5.74) is -5.80. The molecule has 25 heavy (non-hydrogen) atoms. The van der Waals surface area contributed by atoms with Crippen LogP contribution in [0.3, 0.4) is 0 Å². The molecule has 0 radical (unpaired) electrons. The van der Waals surface area contributed by atoms with Crippen LogP contribution in [-0.4, -0.2) is 47.0 Å². The van der Waals surface area contributed by atoms with Crippen molar-refractivity contribution in [3.8, 4) is 0 Å². The largest absolute Gasteiger partial charge is 0.428 e. The molecule has 3 nitrogen and oxygen atoms in total. The van der Waals surface area contributed by atoms with Crippen molar-refractivity contribution < 1.29 is 41.3 Å². The first-order chi connectivity index (χ1) is 11.3. The van der Waals surface area contributed by atoms with Gasteiger partial charge < -0.3 is 14.9 Å². The molecule has 2 fully saturated rings. The minimum atomic E-state index is -5.87. The number of ether oxygens (including phenoxy) is 1. The van der Waals surface area contributed by atoms with Gasteiger partial charge in [0.25, 0.3) is 5.60 Å². The third-order valence-electron chi connectivity index (χ3n) is 5.52. The van der Waals surface area contributed by atoms with E-state index < -0.39 is 30.2 Å². The Kier molecular flexibility index (Phi) is 5.72. The van der Waals surface area contributed by atoms with Crippen LogP contribution in [0.25, 0.3) is 0 Å². The van der Waals surface area contributed by atoms with Gasteiger partial charge in [0.1, 0.15) is 0 Å². The summed E-state index contributed by atoms with van der Waals surface area (Å²) in [7, 11) is 0. The van der Waals surface area contributed by atoms with Crippen molar-refractivity contribution in [1.29, 1.82) is 0 Å². The Morgan fingerprint density at radius 2 is 1.48 bits per heavy atom. The lowest BCUT2D eigenvalue weighted by Gasteiger charge is -2.48. The minimum absolute atomic E-state index is 0.204. The van der Waals surface area contributed by atoms with E-state index in [2.05, 4.69) is 4.74 Å². The van der Waals surface area contributed by atoms with Gasteiger partial charge in [0, 0.05) is 6.61 Å². The van der Waals surface area contributed by atoms with Crippen molar-refractivity contribution in [1.82, 2.24) is 0 Å². The highest BCUT2D eigenvalue weighted by Crippen LogP contribution is 2.48. The van der Waals surface area contributed by atoms with E-state index >= 15 is 0 Å². The number of aliphatic hydroxyl groups is 2. The summed E-state index contributed by atoms with van der Waals surface area (Å²) in [6.07, 6.45) is -7.78. The van der Waals surface area contributed by atoms with E-state index in [9.17, 15) is 31.4 Å². The fourth-order valence-corrected chi connectivity index (χ4v) is 4.37. The average molecular weight is 378 g/mol. The molecular formula is C16H24F6O3. The zero-order chi connectivity index (χ0) is 19.1. The van der Waals surface area contributed by atoms with Gasteiger partial charge in [-0.3, -0.25) is 0 Å². The maximum absolute atomic E-state index is 12.6. The SMILES string of the molecule is CCC1CC2CC(COCC(O)(C(F)(F)F)C(F)(F)F)CC(O)(C1)C2. The smallest absolute Gasteiger partial charge is 0.390 e. The fourth-order valence-electron chi connectivity index (χ4n) is 4.37. The quantitative estimate of drug-likeness (QED) is 0.715. The van der Waals surface area contributed by atoms with E-state index in [1.165, 1.54) is 0 Å². The lowest BCUT2D eigenvalue weighted by atomic mass is 9.62. The Balaban J connectivity index is 1.94. The normalized spacial score (nSPS) is 34.2. The van der Waals surface area contributed by atoms with Crippen molar-refractivity contribution >= 4 is 0 Å². The molecule has 2 aliphatic carbocycles. The van der Waals surface area contributed by atoms with E-state index in [0.29, 0.717) is 31.6 Å². The Labute approximate surface area is 142 Å².